The number of phosphoric ester groups is 1. The minimum atomic E-state index is -4.35. The van der Waals surface area contributed by atoms with Crippen molar-refractivity contribution >= 4 is 19.8 Å². The first-order valence-corrected chi connectivity index (χ1v) is 17.6. The molecular weight excluding hydrogens is 557 g/mol. The molecule has 0 rings (SSSR count). The summed E-state index contributed by atoms with van der Waals surface area (Å²) in [5.74, 6) is -0.848. The lowest BCUT2D eigenvalue weighted by molar-refractivity contribution is -0.870. The number of esters is 2. The fourth-order valence-electron chi connectivity index (χ4n) is 3.86. The fourth-order valence-corrected chi connectivity index (χ4v) is 4.61. The third-order valence-electron chi connectivity index (χ3n) is 6.48. The van der Waals surface area contributed by atoms with Crippen LogP contribution in [0, 0.1) is 0 Å². The van der Waals surface area contributed by atoms with E-state index in [0.717, 1.165) is 57.8 Å². The summed E-state index contributed by atoms with van der Waals surface area (Å²) in [5.41, 5.74) is 0. The Hall–Kier alpha value is -1.51. The van der Waals surface area contributed by atoms with Gasteiger partial charge in [-0.05, 0) is 44.9 Å². The molecule has 0 heterocycles. The number of quaternary nitrogens is 1. The Kier molecular flexibility index (Phi) is 25.0. The standard InChI is InChI=1S/C32H60NO8P/c1-6-8-10-11-12-13-14-15-16-17-18-19-20-21-23-25-32(35)41-30(28-38-31(34)24-22-9-7-2)29-40-42(36,37)39-27-26-33(3,4)5/h12-13,15-16,30H,6-11,14,17-29H2,1-5H3/p+1/t30-/m1/s1. The van der Waals surface area contributed by atoms with E-state index in [0.29, 0.717) is 17.4 Å². The van der Waals surface area contributed by atoms with Crippen LogP contribution in [0.15, 0.2) is 24.3 Å². The lowest BCUT2D eigenvalue weighted by Gasteiger charge is -2.24. The Bertz CT molecular complexity index is 794. The minimum absolute atomic E-state index is 0.0287. The number of hydrogen-bond donors (Lipinski definition) is 1. The minimum Gasteiger partial charge on any atom is -0.462 e. The van der Waals surface area contributed by atoms with Gasteiger partial charge < -0.3 is 18.9 Å². The third-order valence-corrected chi connectivity index (χ3v) is 7.47. The summed E-state index contributed by atoms with van der Waals surface area (Å²) >= 11 is 0. The van der Waals surface area contributed by atoms with Gasteiger partial charge in [0.1, 0.15) is 19.8 Å². The van der Waals surface area contributed by atoms with E-state index in [1.165, 1.54) is 25.7 Å². The highest BCUT2D eigenvalue weighted by Crippen LogP contribution is 2.43. The summed E-state index contributed by atoms with van der Waals surface area (Å²) in [7, 11) is 1.46. The average molecular weight is 619 g/mol. The molecule has 0 aliphatic heterocycles. The maximum absolute atomic E-state index is 12.5. The summed E-state index contributed by atoms with van der Waals surface area (Å²) in [4.78, 5) is 34.5. The number of likely N-dealkylation sites (N-methyl/N-ethyl adjacent to an activating group) is 1. The molecule has 0 radical (unpaired) electrons. The second-order valence-electron chi connectivity index (χ2n) is 11.8. The SMILES string of the molecule is CCCCCC=CCC=CCCCCCCCC(=O)O[C@H](COC(=O)CCCCC)COP(=O)(O)OCC[N+](C)(C)C. The molecule has 0 fully saturated rings. The van der Waals surface area contributed by atoms with Crippen molar-refractivity contribution in [1.82, 2.24) is 0 Å². The second kappa shape index (κ2) is 25.9. The van der Waals surface area contributed by atoms with Crippen LogP contribution in [0.3, 0.4) is 0 Å². The molecule has 0 aliphatic rings. The summed E-state index contributed by atoms with van der Waals surface area (Å²) in [6, 6.07) is 0. The van der Waals surface area contributed by atoms with Gasteiger partial charge >= 0.3 is 19.8 Å². The highest BCUT2D eigenvalue weighted by Gasteiger charge is 2.27. The predicted molar refractivity (Wildman–Crippen MR) is 169 cm³/mol. The average Bonchev–Trinajstić information content (AvgIpc) is 2.91. The van der Waals surface area contributed by atoms with Crippen molar-refractivity contribution < 1.29 is 42.1 Å². The van der Waals surface area contributed by atoms with Gasteiger partial charge in [0.05, 0.1) is 27.7 Å². The molecule has 0 aromatic heterocycles. The number of phosphoric acid groups is 1. The molecule has 0 saturated carbocycles. The van der Waals surface area contributed by atoms with E-state index in [1.807, 2.05) is 28.1 Å². The lowest BCUT2D eigenvalue weighted by atomic mass is 10.1. The molecule has 246 valence electrons. The maximum atomic E-state index is 12.5. The number of rotatable bonds is 28. The highest BCUT2D eigenvalue weighted by atomic mass is 31.2. The first kappa shape index (κ1) is 40.5. The molecule has 0 bridgehead atoms. The van der Waals surface area contributed by atoms with Crippen LogP contribution < -0.4 is 0 Å². The Morgan fingerprint density at radius 1 is 0.738 bits per heavy atom. The van der Waals surface area contributed by atoms with Crippen LogP contribution in [0.4, 0.5) is 0 Å². The molecule has 0 spiro atoms. The summed E-state index contributed by atoms with van der Waals surface area (Å²) in [5, 5.41) is 0. The van der Waals surface area contributed by atoms with E-state index in [9.17, 15) is 19.0 Å². The van der Waals surface area contributed by atoms with Crippen LogP contribution in [0.2, 0.25) is 0 Å². The normalized spacial score (nSPS) is 14.3. The quantitative estimate of drug-likeness (QED) is 0.0313. The van der Waals surface area contributed by atoms with Gasteiger partial charge in [-0.1, -0.05) is 83.1 Å². The van der Waals surface area contributed by atoms with Crippen molar-refractivity contribution in [3.63, 3.8) is 0 Å². The van der Waals surface area contributed by atoms with Crippen LogP contribution in [-0.2, 0) is 32.7 Å². The van der Waals surface area contributed by atoms with Gasteiger partial charge in [0.15, 0.2) is 6.10 Å². The molecule has 10 heteroatoms. The summed E-state index contributed by atoms with van der Waals surface area (Å²) in [6.45, 7) is 4.16. The van der Waals surface area contributed by atoms with Gasteiger partial charge in [-0.2, -0.15) is 0 Å². The van der Waals surface area contributed by atoms with Crippen LogP contribution in [0.1, 0.15) is 117 Å². The van der Waals surface area contributed by atoms with Gasteiger partial charge in [0, 0.05) is 12.8 Å². The molecule has 42 heavy (non-hydrogen) atoms. The molecular formula is C32H61NO8P+. The van der Waals surface area contributed by atoms with E-state index in [4.69, 9.17) is 18.5 Å². The van der Waals surface area contributed by atoms with E-state index < -0.39 is 32.5 Å². The van der Waals surface area contributed by atoms with Crippen molar-refractivity contribution in [2.75, 3.05) is 47.5 Å². The van der Waals surface area contributed by atoms with Crippen LogP contribution >= 0.6 is 7.82 Å². The molecule has 0 aromatic rings. The predicted octanol–water partition coefficient (Wildman–Crippen LogP) is 7.68. The number of carbonyl (C=O) groups excluding carboxylic acids is 2. The van der Waals surface area contributed by atoms with Crippen LogP contribution in [0.25, 0.3) is 0 Å². The third kappa shape index (κ3) is 28.6. The van der Waals surface area contributed by atoms with E-state index in [2.05, 4.69) is 31.2 Å². The zero-order valence-corrected chi connectivity index (χ0v) is 28.1. The second-order valence-corrected chi connectivity index (χ2v) is 13.3. The molecule has 0 saturated heterocycles. The highest BCUT2D eigenvalue weighted by molar-refractivity contribution is 7.47. The zero-order chi connectivity index (χ0) is 31.5. The number of hydrogen-bond acceptors (Lipinski definition) is 7. The topological polar surface area (TPSA) is 108 Å². The number of nitrogens with zero attached hydrogens (tertiary/aromatic N) is 1. The summed E-state index contributed by atoms with van der Waals surface area (Å²) < 4.78 is 33.6. The molecule has 9 nitrogen and oxygen atoms in total. The first-order valence-electron chi connectivity index (χ1n) is 16.1. The number of allylic oxidation sites excluding steroid dienone is 4. The van der Waals surface area contributed by atoms with Gasteiger partial charge in [-0.25, -0.2) is 4.57 Å². The molecule has 1 unspecified atom stereocenters. The number of carbonyl (C=O) groups is 2. The zero-order valence-electron chi connectivity index (χ0n) is 27.2. The van der Waals surface area contributed by atoms with Crippen LogP contribution in [-0.4, -0.2) is 74.9 Å². The fraction of sp³-hybridized carbons (Fsp3) is 0.812. The van der Waals surface area contributed by atoms with Crippen LogP contribution in [0.5, 0.6) is 0 Å². The van der Waals surface area contributed by atoms with Crippen molar-refractivity contribution in [3.8, 4) is 0 Å². The lowest BCUT2D eigenvalue weighted by Crippen LogP contribution is -2.37. The smallest absolute Gasteiger partial charge is 0.462 e. The first-order chi connectivity index (χ1) is 20.0. The molecule has 0 amide bonds. The molecule has 0 aromatic carbocycles. The van der Waals surface area contributed by atoms with Gasteiger partial charge in [0.2, 0.25) is 0 Å². The number of unbranched alkanes of at least 4 members (excludes halogenated alkanes) is 10. The van der Waals surface area contributed by atoms with Crippen molar-refractivity contribution in [3.05, 3.63) is 24.3 Å². The molecule has 2 atom stereocenters. The molecule has 1 N–H and O–H groups in total. The van der Waals surface area contributed by atoms with E-state index in [-0.39, 0.29) is 26.1 Å². The summed E-state index contributed by atoms with van der Waals surface area (Å²) in [6.07, 6.45) is 23.1. The van der Waals surface area contributed by atoms with Crippen molar-refractivity contribution in [1.29, 1.82) is 0 Å². The van der Waals surface area contributed by atoms with Crippen molar-refractivity contribution in [2.45, 2.75) is 123 Å². The Balaban J connectivity index is 4.37. The van der Waals surface area contributed by atoms with Gasteiger partial charge in [-0.3, -0.25) is 18.6 Å². The van der Waals surface area contributed by atoms with Gasteiger partial charge in [-0.15, -0.1) is 0 Å². The maximum Gasteiger partial charge on any atom is 0.472 e. The van der Waals surface area contributed by atoms with Crippen molar-refractivity contribution in [2.24, 2.45) is 0 Å². The Morgan fingerprint density at radius 2 is 1.29 bits per heavy atom. The van der Waals surface area contributed by atoms with Gasteiger partial charge in [0.25, 0.3) is 0 Å². The van der Waals surface area contributed by atoms with E-state index in [1.54, 1.807) is 0 Å². The van der Waals surface area contributed by atoms with E-state index >= 15 is 0 Å². The Morgan fingerprint density at radius 3 is 1.93 bits per heavy atom. The molecule has 0 aliphatic carbocycles. The Labute approximate surface area is 256 Å². The number of ether oxygens (including phenoxy) is 2. The largest absolute Gasteiger partial charge is 0.472 e. The monoisotopic (exact) mass is 618 g/mol.